The molecule has 0 radical (unpaired) electrons. The first-order valence-electron chi connectivity index (χ1n) is 9.43. The Labute approximate surface area is 168 Å². The predicted molar refractivity (Wildman–Crippen MR) is 109 cm³/mol. The number of benzene rings is 2. The lowest BCUT2D eigenvalue weighted by molar-refractivity contribution is 0.0734. The predicted octanol–water partition coefficient (Wildman–Crippen LogP) is 5.58. The second-order valence-electron chi connectivity index (χ2n) is 7.10. The number of ether oxygens (including phenoxy) is 1. The minimum Gasteiger partial charge on any atom is -0.489 e. The third-order valence-electron chi connectivity index (χ3n) is 4.80. The summed E-state index contributed by atoms with van der Waals surface area (Å²) in [5.41, 5.74) is 1.54. The van der Waals surface area contributed by atoms with Gasteiger partial charge in [0.05, 0.1) is 4.88 Å². The Kier molecular flexibility index (Phi) is 5.44. The van der Waals surface area contributed by atoms with E-state index in [-0.39, 0.29) is 18.3 Å². The molecule has 1 aromatic heterocycles. The Hall–Kier alpha value is -2.66. The SMILES string of the molecule is Cc1ccc(C(=O)N(Cc2cccc(OCc3ccccc3F)c2)C2CC2)s1. The smallest absolute Gasteiger partial charge is 0.264 e. The van der Waals surface area contributed by atoms with Crippen molar-refractivity contribution in [1.29, 1.82) is 0 Å². The summed E-state index contributed by atoms with van der Waals surface area (Å²) in [4.78, 5) is 16.8. The zero-order valence-electron chi connectivity index (χ0n) is 15.7. The van der Waals surface area contributed by atoms with Crippen molar-refractivity contribution in [3.05, 3.63) is 87.4 Å². The van der Waals surface area contributed by atoms with Crippen molar-refractivity contribution in [2.24, 2.45) is 0 Å². The number of amides is 1. The summed E-state index contributed by atoms with van der Waals surface area (Å²) >= 11 is 1.54. The lowest BCUT2D eigenvalue weighted by atomic mass is 10.2. The van der Waals surface area contributed by atoms with Crippen LogP contribution in [0.2, 0.25) is 0 Å². The molecule has 1 aliphatic carbocycles. The summed E-state index contributed by atoms with van der Waals surface area (Å²) in [6.45, 7) is 2.74. The Bertz CT molecular complexity index is 980. The Balaban J connectivity index is 1.45. The first-order valence-corrected chi connectivity index (χ1v) is 10.2. The van der Waals surface area contributed by atoms with Gasteiger partial charge in [-0.15, -0.1) is 11.3 Å². The zero-order valence-corrected chi connectivity index (χ0v) is 16.5. The Morgan fingerprint density at radius 1 is 1.14 bits per heavy atom. The van der Waals surface area contributed by atoms with Crippen LogP contribution in [-0.4, -0.2) is 16.8 Å². The zero-order chi connectivity index (χ0) is 19.5. The Morgan fingerprint density at radius 3 is 2.68 bits per heavy atom. The van der Waals surface area contributed by atoms with E-state index in [4.69, 9.17) is 4.74 Å². The fourth-order valence-electron chi connectivity index (χ4n) is 3.15. The van der Waals surface area contributed by atoms with Gasteiger partial charge in [-0.1, -0.05) is 30.3 Å². The number of thiophene rings is 1. The molecule has 3 nitrogen and oxygen atoms in total. The van der Waals surface area contributed by atoms with Gasteiger partial charge in [-0.05, 0) is 55.7 Å². The van der Waals surface area contributed by atoms with Crippen LogP contribution >= 0.6 is 11.3 Å². The molecule has 2 aromatic carbocycles. The van der Waals surface area contributed by atoms with Crippen LogP contribution in [0.1, 0.15) is 38.5 Å². The molecule has 144 valence electrons. The van der Waals surface area contributed by atoms with Gasteiger partial charge in [0.1, 0.15) is 18.2 Å². The van der Waals surface area contributed by atoms with Gasteiger partial charge in [-0.25, -0.2) is 4.39 Å². The average molecular weight is 395 g/mol. The monoisotopic (exact) mass is 395 g/mol. The van der Waals surface area contributed by atoms with E-state index in [2.05, 4.69) is 0 Å². The van der Waals surface area contributed by atoms with Gasteiger partial charge in [0, 0.05) is 23.0 Å². The van der Waals surface area contributed by atoms with Crippen LogP contribution in [0.4, 0.5) is 4.39 Å². The molecule has 0 bridgehead atoms. The molecule has 1 heterocycles. The topological polar surface area (TPSA) is 29.5 Å². The molecule has 0 saturated heterocycles. The number of hydrogen-bond acceptors (Lipinski definition) is 3. The van der Waals surface area contributed by atoms with Crippen LogP contribution in [0, 0.1) is 12.7 Å². The molecule has 0 atom stereocenters. The molecule has 0 N–H and O–H groups in total. The molecule has 1 amide bonds. The van der Waals surface area contributed by atoms with Gasteiger partial charge in [0.15, 0.2) is 0 Å². The molecule has 5 heteroatoms. The van der Waals surface area contributed by atoms with E-state index in [1.165, 1.54) is 17.4 Å². The highest BCUT2D eigenvalue weighted by Gasteiger charge is 2.33. The van der Waals surface area contributed by atoms with Gasteiger partial charge < -0.3 is 9.64 Å². The summed E-state index contributed by atoms with van der Waals surface area (Å²) in [7, 11) is 0. The van der Waals surface area contributed by atoms with Crippen LogP contribution < -0.4 is 4.74 Å². The van der Waals surface area contributed by atoms with Crippen LogP contribution in [0.25, 0.3) is 0 Å². The van der Waals surface area contributed by atoms with Crippen molar-refractivity contribution in [3.63, 3.8) is 0 Å². The number of halogens is 1. The van der Waals surface area contributed by atoms with Crippen LogP contribution in [0.3, 0.4) is 0 Å². The normalized spacial score (nSPS) is 13.4. The van der Waals surface area contributed by atoms with Crippen molar-refractivity contribution in [1.82, 2.24) is 4.90 Å². The quantitative estimate of drug-likeness (QED) is 0.523. The van der Waals surface area contributed by atoms with Crippen LogP contribution in [0.15, 0.2) is 60.7 Å². The maximum Gasteiger partial charge on any atom is 0.264 e. The van der Waals surface area contributed by atoms with Gasteiger partial charge in [0.2, 0.25) is 0 Å². The van der Waals surface area contributed by atoms with E-state index in [0.717, 1.165) is 28.2 Å². The summed E-state index contributed by atoms with van der Waals surface area (Å²) in [6.07, 6.45) is 2.11. The number of nitrogens with zero attached hydrogens (tertiary/aromatic N) is 1. The molecule has 1 aliphatic rings. The Morgan fingerprint density at radius 2 is 1.96 bits per heavy atom. The fourth-order valence-corrected chi connectivity index (χ4v) is 3.97. The number of carbonyl (C=O) groups excluding carboxylic acids is 1. The van der Waals surface area contributed by atoms with Gasteiger partial charge in [0.25, 0.3) is 5.91 Å². The number of carbonyl (C=O) groups is 1. The average Bonchev–Trinajstić information content (AvgIpc) is 3.45. The van der Waals surface area contributed by atoms with Gasteiger partial charge in [-0.2, -0.15) is 0 Å². The highest BCUT2D eigenvalue weighted by molar-refractivity contribution is 7.13. The molecule has 3 aromatic rings. The molecule has 0 aliphatic heterocycles. The summed E-state index contributed by atoms with van der Waals surface area (Å²) < 4.78 is 19.5. The minimum atomic E-state index is -0.268. The number of rotatable bonds is 7. The fraction of sp³-hybridized carbons (Fsp3) is 0.261. The van der Waals surface area contributed by atoms with E-state index < -0.39 is 0 Å². The van der Waals surface area contributed by atoms with Crippen molar-refractivity contribution in [3.8, 4) is 5.75 Å². The molecular formula is C23H22FNO2S. The second kappa shape index (κ2) is 8.15. The van der Waals surface area contributed by atoms with E-state index in [1.807, 2.05) is 48.2 Å². The lowest BCUT2D eigenvalue weighted by Crippen LogP contribution is -2.32. The lowest BCUT2D eigenvalue weighted by Gasteiger charge is -2.22. The van der Waals surface area contributed by atoms with Crippen molar-refractivity contribution >= 4 is 17.2 Å². The van der Waals surface area contributed by atoms with Gasteiger partial charge >= 0.3 is 0 Å². The van der Waals surface area contributed by atoms with E-state index in [9.17, 15) is 9.18 Å². The summed E-state index contributed by atoms with van der Waals surface area (Å²) in [5, 5.41) is 0. The molecule has 1 fully saturated rings. The van der Waals surface area contributed by atoms with Crippen molar-refractivity contribution in [2.75, 3.05) is 0 Å². The van der Waals surface area contributed by atoms with Crippen LogP contribution in [-0.2, 0) is 13.2 Å². The molecule has 0 unspecified atom stereocenters. The van der Waals surface area contributed by atoms with Crippen molar-refractivity contribution < 1.29 is 13.9 Å². The first-order chi connectivity index (χ1) is 13.6. The summed E-state index contributed by atoms with van der Waals surface area (Å²) in [6, 6.07) is 18.5. The molecule has 4 rings (SSSR count). The van der Waals surface area contributed by atoms with Crippen LogP contribution in [0.5, 0.6) is 5.75 Å². The standard InChI is InChI=1S/C23H22FNO2S/c1-16-9-12-22(28-16)23(26)25(19-10-11-19)14-17-5-4-7-20(13-17)27-15-18-6-2-3-8-21(18)24/h2-9,12-13,19H,10-11,14-15H2,1H3. The third-order valence-corrected chi connectivity index (χ3v) is 5.79. The number of hydrogen-bond donors (Lipinski definition) is 0. The maximum atomic E-state index is 13.8. The molecule has 1 saturated carbocycles. The van der Waals surface area contributed by atoms with Crippen molar-refractivity contribution in [2.45, 2.75) is 39.0 Å². The largest absolute Gasteiger partial charge is 0.489 e. The second-order valence-corrected chi connectivity index (χ2v) is 8.39. The third kappa shape index (κ3) is 4.42. The minimum absolute atomic E-state index is 0.0956. The highest BCUT2D eigenvalue weighted by atomic mass is 32.1. The highest BCUT2D eigenvalue weighted by Crippen LogP contribution is 2.31. The van der Waals surface area contributed by atoms with Gasteiger partial charge in [-0.3, -0.25) is 4.79 Å². The maximum absolute atomic E-state index is 13.8. The van der Waals surface area contributed by atoms with E-state index in [1.54, 1.807) is 18.2 Å². The van der Waals surface area contributed by atoms with E-state index in [0.29, 0.717) is 23.9 Å². The summed E-state index contributed by atoms with van der Waals surface area (Å²) in [5.74, 6) is 0.504. The first kappa shape index (κ1) is 18.7. The molecule has 0 spiro atoms. The molecular weight excluding hydrogens is 373 g/mol. The molecule has 28 heavy (non-hydrogen) atoms. The van der Waals surface area contributed by atoms with E-state index >= 15 is 0 Å². The number of aryl methyl sites for hydroxylation is 1.